The first kappa shape index (κ1) is 10.4. The highest BCUT2D eigenvalue weighted by Crippen LogP contribution is 2.33. The fraction of sp³-hybridized carbons (Fsp3) is 0.636. The van der Waals surface area contributed by atoms with Gasteiger partial charge in [0.25, 0.3) is 0 Å². The molecule has 0 bridgehead atoms. The maximum absolute atomic E-state index is 6.07. The van der Waals surface area contributed by atoms with Crippen LogP contribution >= 0.6 is 0 Å². The molecule has 0 saturated heterocycles. The van der Waals surface area contributed by atoms with Crippen LogP contribution in [-0.2, 0) is 6.42 Å². The molecule has 2 rings (SSSR count). The summed E-state index contributed by atoms with van der Waals surface area (Å²) in [4.78, 5) is 8.32. The molecular weight excluding hydrogens is 190 g/mol. The van der Waals surface area contributed by atoms with E-state index in [2.05, 4.69) is 9.97 Å². The van der Waals surface area contributed by atoms with E-state index in [0.717, 1.165) is 17.7 Å². The van der Waals surface area contributed by atoms with Crippen molar-refractivity contribution in [3.05, 3.63) is 17.6 Å². The first-order chi connectivity index (χ1) is 7.22. The minimum atomic E-state index is 0.239. The molecule has 0 spiro atoms. The van der Waals surface area contributed by atoms with Crippen LogP contribution < -0.4 is 10.5 Å². The van der Waals surface area contributed by atoms with E-state index in [1.165, 1.54) is 12.8 Å². The fourth-order valence-corrected chi connectivity index (χ4v) is 1.79. The molecule has 15 heavy (non-hydrogen) atoms. The minimum Gasteiger partial charge on any atom is -0.481 e. The fourth-order valence-electron chi connectivity index (χ4n) is 1.79. The van der Waals surface area contributed by atoms with Gasteiger partial charge in [-0.2, -0.15) is 0 Å². The lowest BCUT2D eigenvalue weighted by Crippen LogP contribution is -2.26. The standard InChI is InChI=1S/C11H17N3O/c1-7-10(5-9(12)8-3-4-8)13-6-14-11(7)15-2/h6,8-9H,3-5,12H2,1-2H3. The molecule has 1 atom stereocenters. The molecular formula is C11H17N3O. The summed E-state index contributed by atoms with van der Waals surface area (Å²) in [5, 5.41) is 0. The zero-order chi connectivity index (χ0) is 10.8. The van der Waals surface area contributed by atoms with Crippen molar-refractivity contribution in [3.63, 3.8) is 0 Å². The number of nitrogens with zero attached hydrogens (tertiary/aromatic N) is 2. The Kier molecular flexibility index (Phi) is 2.86. The topological polar surface area (TPSA) is 61.0 Å². The van der Waals surface area contributed by atoms with Crippen molar-refractivity contribution < 1.29 is 4.74 Å². The van der Waals surface area contributed by atoms with Crippen molar-refractivity contribution >= 4 is 0 Å². The van der Waals surface area contributed by atoms with E-state index in [9.17, 15) is 0 Å². The Labute approximate surface area is 89.9 Å². The first-order valence-corrected chi connectivity index (χ1v) is 5.32. The van der Waals surface area contributed by atoms with Crippen molar-refractivity contribution in [1.82, 2.24) is 9.97 Å². The molecule has 1 unspecified atom stereocenters. The van der Waals surface area contributed by atoms with Gasteiger partial charge in [-0.3, -0.25) is 0 Å². The Bertz CT molecular complexity index is 350. The molecule has 1 fully saturated rings. The Balaban J connectivity index is 2.12. The molecule has 0 aliphatic heterocycles. The summed E-state index contributed by atoms with van der Waals surface area (Å²) < 4.78 is 5.15. The predicted molar refractivity (Wildman–Crippen MR) is 57.7 cm³/mol. The SMILES string of the molecule is COc1ncnc(CC(N)C2CC2)c1C. The van der Waals surface area contributed by atoms with Crippen LogP contribution in [0.2, 0.25) is 0 Å². The van der Waals surface area contributed by atoms with Crippen LogP contribution in [0.3, 0.4) is 0 Å². The van der Waals surface area contributed by atoms with Gasteiger partial charge in [-0.15, -0.1) is 0 Å². The molecule has 1 heterocycles. The van der Waals surface area contributed by atoms with Gasteiger partial charge in [-0.05, 0) is 25.7 Å². The lowest BCUT2D eigenvalue weighted by atomic mass is 10.0. The summed E-state index contributed by atoms with van der Waals surface area (Å²) >= 11 is 0. The zero-order valence-corrected chi connectivity index (χ0v) is 9.23. The normalized spacial score (nSPS) is 17.5. The third kappa shape index (κ3) is 2.26. The summed E-state index contributed by atoms with van der Waals surface area (Å²) in [6.07, 6.45) is 4.90. The zero-order valence-electron chi connectivity index (χ0n) is 9.23. The summed E-state index contributed by atoms with van der Waals surface area (Å²) in [5.74, 6) is 1.35. The molecule has 4 heteroatoms. The van der Waals surface area contributed by atoms with Crippen LogP contribution in [0.5, 0.6) is 5.88 Å². The maximum Gasteiger partial charge on any atom is 0.219 e. The Morgan fingerprint density at radius 2 is 2.27 bits per heavy atom. The molecule has 1 aromatic heterocycles. The Morgan fingerprint density at radius 3 is 2.87 bits per heavy atom. The van der Waals surface area contributed by atoms with Crippen molar-refractivity contribution in [2.24, 2.45) is 11.7 Å². The lowest BCUT2D eigenvalue weighted by Gasteiger charge is -2.12. The molecule has 1 aliphatic rings. The molecule has 0 aromatic carbocycles. The first-order valence-electron chi connectivity index (χ1n) is 5.32. The third-order valence-corrected chi connectivity index (χ3v) is 2.99. The lowest BCUT2D eigenvalue weighted by molar-refractivity contribution is 0.391. The molecule has 82 valence electrons. The number of hydrogen-bond acceptors (Lipinski definition) is 4. The second-order valence-electron chi connectivity index (χ2n) is 4.16. The van der Waals surface area contributed by atoms with E-state index < -0.39 is 0 Å². The number of methoxy groups -OCH3 is 1. The van der Waals surface area contributed by atoms with Gasteiger partial charge in [0.1, 0.15) is 6.33 Å². The second kappa shape index (κ2) is 4.14. The quantitative estimate of drug-likeness (QED) is 0.802. The van der Waals surface area contributed by atoms with E-state index in [-0.39, 0.29) is 6.04 Å². The summed E-state index contributed by atoms with van der Waals surface area (Å²) in [6, 6.07) is 0.239. The molecule has 0 amide bonds. The number of rotatable bonds is 4. The molecule has 1 saturated carbocycles. The number of nitrogens with two attached hydrogens (primary N) is 1. The molecule has 1 aliphatic carbocycles. The Morgan fingerprint density at radius 1 is 1.53 bits per heavy atom. The highest BCUT2D eigenvalue weighted by atomic mass is 16.5. The van der Waals surface area contributed by atoms with Gasteiger partial charge >= 0.3 is 0 Å². The summed E-state index contributed by atoms with van der Waals surface area (Å²) in [6.45, 7) is 1.98. The van der Waals surface area contributed by atoms with Gasteiger partial charge in [0.2, 0.25) is 5.88 Å². The molecule has 0 radical (unpaired) electrons. The number of hydrogen-bond donors (Lipinski definition) is 1. The van der Waals surface area contributed by atoms with E-state index >= 15 is 0 Å². The smallest absolute Gasteiger partial charge is 0.219 e. The van der Waals surface area contributed by atoms with Gasteiger partial charge in [-0.25, -0.2) is 9.97 Å². The third-order valence-electron chi connectivity index (χ3n) is 2.99. The molecule has 2 N–H and O–H groups in total. The Hall–Kier alpha value is -1.16. The van der Waals surface area contributed by atoms with E-state index in [1.54, 1.807) is 13.4 Å². The van der Waals surface area contributed by atoms with Gasteiger partial charge in [0.05, 0.1) is 12.8 Å². The van der Waals surface area contributed by atoms with Crippen LogP contribution in [0.4, 0.5) is 0 Å². The van der Waals surface area contributed by atoms with E-state index in [1.807, 2.05) is 6.92 Å². The number of aromatic nitrogens is 2. The minimum absolute atomic E-state index is 0.239. The molecule has 4 nitrogen and oxygen atoms in total. The summed E-state index contributed by atoms with van der Waals surface area (Å²) in [5.41, 5.74) is 8.10. The maximum atomic E-state index is 6.07. The largest absolute Gasteiger partial charge is 0.481 e. The van der Waals surface area contributed by atoms with Crippen LogP contribution in [0, 0.1) is 12.8 Å². The van der Waals surface area contributed by atoms with Crippen LogP contribution in [0.15, 0.2) is 6.33 Å². The van der Waals surface area contributed by atoms with Crippen molar-refractivity contribution in [3.8, 4) is 5.88 Å². The second-order valence-corrected chi connectivity index (χ2v) is 4.16. The van der Waals surface area contributed by atoms with Crippen LogP contribution in [0.25, 0.3) is 0 Å². The van der Waals surface area contributed by atoms with E-state index in [4.69, 9.17) is 10.5 Å². The highest BCUT2D eigenvalue weighted by molar-refractivity contribution is 5.28. The van der Waals surface area contributed by atoms with Crippen LogP contribution in [0.1, 0.15) is 24.1 Å². The number of ether oxygens (including phenoxy) is 1. The predicted octanol–water partition coefficient (Wildman–Crippen LogP) is 1.07. The van der Waals surface area contributed by atoms with Crippen molar-refractivity contribution in [2.45, 2.75) is 32.2 Å². The molecule has 1 aromatic rings. The average Bonchev–Trinajstić information content (AvgIpc) is 3.04. The van der Waals surface area contributed by atoms with E-state index in [0.29, 0.717) is 11.8 Å². The summed E-state index contributed by atoms with van der Waals surface area (Å²) in [7, 11) is 1.62. The average molecular weight is 207 g/mol. The van der Waals surface area contributed by atoms with Gasteiger partial charge in [0.15, 0.2) is 0 Å². The van der Waals surface area contributed by atoms with Gasteiger partial charge in [0, 0.05) is 18.0 Å². The van der Waals surface area contributed by atoms with Crippen molar-refractivity contribution in [1.29, 1.82) is 0 Å². The van der Waals surface area contributed by atoms with Crippen LogP contribution in [-0.4, -0.2) is 23.1 Å². The highest BCUT2D eigenvalue weighted by Gasteiger charge is 2.29. The van der Waals surface area contributed by atoms with Gasteiger partial charge < -0.3 is 10.5 Å². The van der Waals surface area contributed by atoms with Gasteiger partial charge in [-0.1, -0.05) is 0 Å². The van der Waals surface area contributed by atoms with Crippen molar-refractivity contribution in [2.75, 3.05) is 7.11 Å². The monoisotopic (exact) mass is 207 g/mol.